The molecule has 1 nitrogen and oxygen atoms in total. The van der Waals surface area contributed by atoms with E-state index in [-0.39, 0.29) is 5.56 Å². The zero-order chi connectivity index (χ0) is 15.2. The van der Waals surface area contributed by atoms with Gasteiger partial charge in [-0.3, -0.25) is 0 Å². The van der Waals surface area contributed by atoms with Crippen LogP contribution in [0.15, 0.2) is 41.4 Å². The first-order chi connectivity index (χ1) is 10.1. The smallest absolute Gasteiger partial charge is 0.153 e. The SMILES string of the molecule is CCc1cccc(C#Cc2cc(F)c(N=C=S)c(F)c2)c1. The third-order valence-corrected chi connectivity index (χ3v) is 2.95. The highest BCUT2D eigenvalue weighted by Gasteiger charge is 2.09. The summed E-state index contributed by atoms with van der Waals surface area (Å²) in [4.78, 5) is 3.35. The molecule has 0 heterocycles. The number of benzene rings is 2. The quantitative estimate of drug-likeness (QED) is 0.446. The van der Waals surface area contributed by atoms with Crippen LogP contribution in [-0.4, -0.2) is 5.16 Å². The highest BCUT2D eigenvalue weighted by molar-refractivity contribution is 7.78. The lowest BCUT2D eigenvalue weighted by atomic mass is 10.1. The van der Waals surface area contributed by atoms with Crippen molar-refractivity contribution in [2.45, 2.75) is 13.3 Å². The topological polar surface area (TPSA) is 12.4 Å². The molecular formula is C17H11F2NS. The number of hydrogen-bond acceptors (Lipinski definition) is 2. The number of halogens is 2. The van der Waals surface area contributed by atoms with Crippen LogP contribution in [0.1, 0.15) is 23.6 Å². The summed E-state index contributed by atoms with van der Waals surface area (Å²) in [7, 11) is 0. The molecule has 0 bridgehead atoms. The molecule has 2 rings (SSSR count). The molecule has 2 aromatic rings. The highest BCUT2D eigenvalue weighted by atomic mass is 32.1. The molecule has 104 valence electrons. The van der Waals surface area contributed by atoms with Crippen molar-refractivity contribution in [3.8, 4) is 11.8 Å². The maximum Gasteiger partial charge on any atom is 0.153 e. The van der Waals surface area contributed by atoms with Gasteiger partial charge < -0.3 is 0 Å². The third kappa shape index (κ3) is 3.82. The Morgan fingerprint density at radius 1 is 1.05 bits per heavy atom. The van der Waals surface area contributed by atoms with Crippen LogP contribution in [-0.2, 0) is 6.42 Å². The Hall–Kier alpha value is -2.34. The van der Waals surface area contributed by atoms with Crippen LogP contribution in [0.25, 0.3) is 0 Å². The van der Waals surface area contributed by atoms with Gasteiger partial charge in [-0.2, -0.15) is 4.99 Å². The van der Waals surface area contributed by atoms with Crippen LogP contribution in [0, 0.1) is 23.5 Å². The van der Waals surface area contributed by atoms with E-state index in [1.807, 2.05) is 36.4 Å². The molecule has 0 aliphatic carbocycles. The Kier molecular flexibility index (Phi) is 4.94. The van der Waals surface area contributed by atoms with Gasteiger partial charge in [0.05, 0.1) is 5.16 Å². The average Bonchev–Trinajstić information content (AvgIpc) is 2.49. The third-order valence-electron chi connectivity index (χ3n) is 2.86. The zero-order valence-electron chi connectivity index (χ0n) is 11.3. The van der Waals surface area contributed by atoms with Gasteiger partial charge in [-0.15, -0.1) is 0 Å². The first kappa shape index (κ1) is 15.1. The fourth-order valence-electron chi connectivity index (χ4n) is 1.80. The van der Waals surface area contributed by atoms with E-state index in [1.165, 1.54) is 0 Å². The van der Waals surface area contributed by atoms with Gasteiger partial charge in [0.15, 0.2) is 11.6 Å². The Bertz CT molecular complexity index is 758. The largest absolute Gasteiger partial charge is 0.204 e. The van der Waals surface area contributed by atoms with Crippen LogP contribution in [0.3, 0.4) is 0 Å². The molecule has 0 atom stereocenters. The summed E-state index contributed by atoms with van der Waals surface area (Å²) >= 11 is 4.35. The van der Waals surface area contributed by atoms with Gasteiger partial charge in [0.25, 0.3) is 0 Å². The number of rotatable bonds is 2. The zero-order valence-corrected chi connectivity index (χ0v) is 12.1. The van der Waals surface area contributed by atoms with E-state index in [0.717, 1.165) is 29.7 Å². The molecule has 0 unspecified atom stereocenters. The predicted molar refractivity (Wildman–Crippen MR) is 82.8 cm³/mol. The molecule has 0 fully saturated rings. The van der Waals surface area contributed by atoms with Crippen LogP contribution in [0.4, 0.5) is 14.5 Å². The van der Waals surface area contributed by atoms with Gasteiger partial charge >= 0.3 is 0 Å². The van der Waals surface area contributed by atoms with Gasteiger partial charge in [0.2, 0.25) is 0 Å². The summed E-state index contributed by atoms with van der Waals surface area (Å²) in [5.74, 6) is 4.02. The number of hydrogen-bond donors (Lipinski definition) is 0. The summed E-state index contributed by atoms with van der Waals surface area (Å²) in [6.07, 6.45) is 0.906. The van der Waals surface area contributed by atoms with E-state index >= 15 is 0 Å². The average molecular weight is 299 g/mol. The van der Waals surface area contributed by atoms with E-state index in [2.05, 4.69) is 29.1 Å². The van der Waals surface area contributed by atoms with Crippen LogP contribution in [0.5, 0.6) is 0 Å². The molecule has 0 spiro atoms. The highest BCUT2D eigenvalue weighted by Crippen LogP contribution is 2.23. The predicted octanol–water partition coefficient (Wildman–Crippen LogP) is 4.66. The van der Waals surface area contributed by atoms with Crippen LogP contribution < -0.4 is 0 Å². The molecule has 0 aliphatic rings. The molecule has 0 saturated carbocycles. The van der Waals surface area contributed by atoms with Crippen molar-refractivity contribution in [2.75, 3.05) is 0 Å². The second-order valence-electron chi connectivity index (χ2n) is 4.30. The number of nitrogens with zero attached hydrogens (tertiary/aromatic N) is 1. The lowest BCUT2D eigenvalue weighted by Gasteiger charge is -1.99. The van der Waals surface area contributed by atoms with Crippen molar-refractivity contribution in [3.05, 3.63) is 64.7 Å². The Morgan fingerprint density at radius 3 is 2.33 bits per heavy atom. The summed E-state index contributed by atoms with van der Waals surface area (Å²) in [6, 6.07) is 9.97. The molecule has 0 amide bonds. The Morgan fingerprint density at radius 2 is 1.71 bits per heavy atom. The fourth-order valence-corrected chi connectivity index (χ4v) is 1.89. The molecule has 2 aromatic carbocycles. The van der Waals surface area contributed by atoms with E-state index in [1.54, 1.807) is 0 Å². The van der Waals surface area contributed by atoms with E-state index < -0.39 is 17.3 Å². The number of aryl methyl sites for hydroxylation is 1. The number of aliphatic imine (C=N–C) groups is 1. The Balaban J connectivity index is 2.36. The van der Waals surface area contributed by atoms with E-state index in [4.69, 9.17) is 0 Å². The van der Waals surface area contributed by atoms with Crippen LogP contribution in [0.2, 0.25) is 0 Å². The second-order valence-corrected chi connectivity index (χ2v) is 4.48. The second kappa shape index (κ2) is 6.90. The van der Waals surface area contributed by atoms with Gasteiger partial charge in [-0.25, -0.2) is 8.78 Å². The number of thiocarbonyl (C=S) groups is 1. The first-order valence-electron chi connectivity index (χ1n) is 6.32. The molecule has 0 radical (unpaired) electrons. The summed E-state index contributed by atoms with van der Waals surface area (Å²) < 4.78 is 27.3. The summed E-state index contributed by atoms with van der Waals surface area (Å²) in [5.41, 5.74) is 1.76. The molecule has 0 aromatic heterocycles. The molecule has 0 aliphatic heterocycles. The normalized spacial score (nSPS) is 9.48. The minimum Gasteiger partial charge on any atom is -0.204 e. The van der Waals surface area contributed by atoms with Gasteiger partial charge in [-0.05, 0) is 48.5 Å². The molecule has 4 heteroatoms. The minimum atomic E-state index is -0.807. The lowest BCUT2D eigenvalue weighted by Crippen LogP contribution is -1.86. The Labute approximate surface area is 127 Å². The van der Waals surface area contributed by atoms with Gasteiger partial charge in [-0.1, -0.05) is 30.9 Å². The van der Waals surface area contributed by atoms with E-state index in [0.29, 0.717) is 0 Å². The van der Waals surface area contributed by atoms with Crippen molar-refractivity contribution in [2.24, 2.45) is 4.99 Å². The number of isothiocyanates is 1. The molecular weight excluding hydrogens is 288 g/mol. The minimum absolute atomic E-state index is 0.246. The first-order valence-corrected chi connectivity index (χ1v) is 6.72. The maximum atomic E-state index is 13.7. The summed E-state index contributed by atoms with van der Waals surface area (Å²) in [5, 5.41) is 1.95. The molecule has 0 N–H and O–H groups in total. The van der Waals surface area contributed by atoms with Gasteiger partial charge in [0.1, 0.15) is 5.69 Å². The van der Waals surface area contributed by atoms with Crippen molar-refractivity contribution in [1.29, 1.82) is 0 Å². The standard InChI is InChI=1S/C17H11F2NS/c1-2-12-4-3-5-13(8-12)6-7-14-9-15(18)17(20-11-21)16(19)10-14/h3-5,8-10H,2H2,1H3. The fraction of sp³-hybridized carbons (Fsp3) is 0.118. The molecule has 21 heavy (non-hydrogen) atoms. The van der Waals surface area contributed by atoms with Gasteiger partial charge in [0, 0.05) is 11.1 Å². The van der Waals surface area contributed by atoms with Crippen molar-refractivity contribution >= 4 is 23.1 Å². The van der Waals surface area contributed by atoms with E-state index in [9.17, 15) is 8.78 Å². The monoisotopic (exact) mass is 299 g/mol. The summed E-state index contributed by atoms with van der Waals surface area (Å²) in [6.45, 7) is 2.05. The maximum absolute atomic E-state index is 13.7. The van der Waals surface area contributed by atoms with Crippen molar-refractivity contribution < 1.29 is 8.78 Å². The van der Waals surface area contributed by atoms with Crippen molar-refractivity contribution in [3.63, 3.8) is 0 Å². The lowest BCUT2D eigenvalue weighted by molar-refractivity contribution is 0.587. The van der Waals surface area contributed by atoms with Crippen LogP contribution >= 0.6 is 12.2 Å². The van der Waals surface area contributed by atoms with Crippen molar-refractivity contribution in [1.82, 2.24) is 0 Å². The molecule has 0 saturated heterocycles.